The Morgan fingerprint density at radius 2 is 2.14 bits per heavy atom. The van der Waals surface area contributed by atoms with Crippen LogP contribution < -0.4 is 19.5 Å². The Kier molecular flexibility index (Phi) is 3.39. The predicted octanol–water partition coefficient (Wildman–Crippen LogP) is 1.75. The van der Waals surface area contributed by atoms with Crippen LogP contribution in [0.3, 0.4) is 0 Å². The summed E-state index contributed by atoms with van der Waals surface area (Å²) in [7, 11) is 1.68. The highest BCUT2D eigenvalue weighted by molar-refractivity contribution is 5.55. The van der Waals surface area contributed by atoms with Gasteiger partial charge in [-0.05, 0) is 37.0 Å². The van der Waals surface area contributed by atoms with E-state index in [0.717, 1.165) is 42.9 Å². The van der Waals surface area contributed by atoms with Crippen molar-refractivity contribution in [1.82, 2.24) is 10.2 Å². The first kappa shape index (κ1) is 13.2. The summed E-state index contributed by atoms with van der Waals surface area (Å²) < 4.78 is 16.4. The van der Waals surface area contributed by atoms with Gasteiger partial charge in [0.2, 0.25) is 12.5 Å². The summed E-state index contributed by atoms with van der Waals surface area (Å²) in [5.74, 6) is 2.31. The zero-order chi connectivity index (χ0) is 14.2. The molecule has 3 aliphatic rings. The molecule has 2 bridgehead atoms. The third-order valence-electron chi connectivity index (χ3n) is 4.73. The maximum absolute atomic E-state index is 5.51. The molecule has 3 aliphatic heterocycles. The van der Waals surface area contributed by atoms with Gasteiger partial charge in [-0.3, -0.25) is 4.90 Å². The molecular formula is C16H22N2O3. The van der Waals surface area contributed by atoms with Crippen LogP contribution in [0.1, 0.15) is 24.8 Å². The minimum atomic E-state index is 0.284. The first-order chi connectivity index (χ1) is 10.3. The number of fused-ring (bicyclic) bond motifs is 3. The number of likely N-dealkylation sites (tertiary alicyclic amines) is 1. The Morgan fingerprint density at radius 3 is 3.05 bits per heavy atom. The summed E-state index contributed by atoms with van der Waals surface area (Å²) in [4.78, 5) is 2.54. The summed E-state index contributed by atoms with van der Waals surface area (Å²) in [5, 5.41) is 3.72. The highest BCUT2D eigenvalue weighted by atomic mass is 16.7. The van der Waals surface area contributed by atoms with Crippen LogP contribution in [0.5, 0.6) is 17.2 Å². The van der Waals surface area contributed by atoms with E-state index in [9.17, 15) is 0 Å². The van der Waals surface area contributed by atoms with Crippen LogP contribution in [-0.2, 0) is 6.54 Å². The number of nitrogens with one attached hydrogen (secondary N) is 1. The SMILES string of the molecule is COc1cc(CN2CCC3CCC(C2)N3)cc2c1OCO2. The van der Waals surface area contributed by atoms with Crippen molar-refractivity contribution in [3.63, 3.8) is 0 Å². The minimum absolute atomic E-state index is 0.284. The Bertz CT molecular complexity index is 534. The van der Waals surface area contributed by atoms with Crippen molar-refractivity contribution in [1.29, 1.82) is 0 Å². The largest absolute Gasteiger partial charge is 0.493 e. The molecule has 2 saturated heterocycles. The second-order valence-electron chi connectivity index (χ2n) is 6.19. The first-order valence-electron chi connectivity index (χ1n) is 7.77. The van der Waals surface area contributed by atoms with E-state index in [0.29, 0.717) is 6.04 Å². The summed E-state index contributed by atoms with van der Waals surface area (Å²) in [6.45, 7) is 3.52. The fourth-order valence-corrected chi connectivity index (χ4v) is 3.69. The van der Waals surface area contributed by atoms with E-state index in [2.05, 4.69) is 22.3 Å². The Labute approximate surface area is 125 Å². The van der Waals surface area contributed by atoms with Crippen LogP contribution in [0.4, 0.5) is 0 Å². The van der Waals surface area contributed by atoms with E-state index in [1.54, 1.807) is 7.11 Å². The molecule has 5 heteroatoms. The molecule has 1 aromatic carbocycles. The van der Waals surface area contributed by atoms with Gasteiger partial charge in [0.1, 0.15) is 0 Å². The maximum Gasteiger partial charge on any atom is 0.231 e. The number of ether oxygens (including phenoxy) is 3. The van der Waals surface area contributed by atoms with Crippen molar-refractivity contribution in [2.75, 3.05) is 27.0 Å². The van der Waals surface area contributed by atoms with Crippen molar-refractivity contribution in [3.8, 4) is 17.2 Å². The molecule has 1 N–H and O–H groups in total. The monoisotopic (exact) mass is 290 g/mol. The van der Waals surface area contributed by atoms with Crippen molar-refractivity contribution >= 4 is 0 Å². The smallest absolute Gasteiger partial charge is 0.231 e. The predicted molar refractivity (Wildman–Crippen MR) is 79.0 cm³/mol. The number of nitrogens with zero attached hydrogens (tertiary/aromatic N) is 1. The lowest BCUT2D eigenvalue weighted by Gasteiger charge is -2.24. The number of benzene rings is 1. The molecule has 0 amide bonds. The van der Waals surface area contributed by atoms with Gasteiger partial charge >= 0.3 is 0 Å². The Morgan fingerprint density at radius 1 is 1.24 bits per heavy atom. The van der Waals surface area contributed by atoms with Gasteiger partial charge in [0, 0.05) is 31.7 Å². The highest BCUT2D eigenvalue weighted by Gasteiger charge is 2.29. The van der Waals surface area contributed by atoms with Gasteiger partial charge in [-0.25, -0.2) is 0 Å². The average molecular weight is 290 g/mol. The fourth-order valence-electron chi connectivity index (χ4n) is 3.69. The van der Waals surface area contributed by atoms with Crippen LogP contribution in [0, 0.1) is 0 Å². The number of hydrogen-bond acceptors (Lipinski definition) is 5. The molecule has 0 aliphatic carbocycles. The number of hydrogen-bond donors (Lipinski definition) is 1. The van der Waals surface area contributed by atoms with E-state index >= 15 is 0 Å². The second-order valence-corrected chi connectivity index (χ2v) is 6.19. The summed E-state index contributed by atoms with van der Waals surface area (Å²) in [6.07, 6.45) is 3.90. The number of methoxy groups -OCH3 is 1. The van der Waals surface area contributed by atoms with Gasteiger partial charge in [0.15, 0.2) is 11.5 Å². The molecule has 2 atom stereocenters. The molecule has 1 aromatic rings. The van der Waals surface area contributed by atoms with Crippen molar-refractivity contribution < 1.29 is 14.2 Å². The van der Waals surface area contributed by atoms with Gasteiger partial charge in [-0.15, -0.1) is 0 Å². The molecular weight excluding hydrogens is 268 g/mol. The minimum Gasteiger partial charge on any atom is -0.493 e. The van der Waals surface area contributed by atoms with Crippen molar-refractivity contribution in [2.45, 2.75) is 37.9 Å². The number of rotatable bonds is 3. The molecule has 0 radical (unpaired) electrons. The lowest BCUT2D eigenvalue weighted by atomic mass is 10.1. The molecule has 3 heterocycles. The van der Waals surface area contributed by atoms with E-state index in [-0.39, 0.29) is 6.79 Å². The normalized spacial score (nSPS) is 27.7. The average Bonchev–Trinajstić information content (AvgIpc) is 3.07. The Balaban J connectivity index is 1.51. The van der Waals surface area contributed by atoms with Crippen LogP contribution in [0.25, 0.3) is 0 Å². The second kappa shape index (κ2) is 5.39. The van der Waals surface area contributed by atoms with Crippen LogP contribution >= 0.6 is 0 Å². The third-order valence-corrected chi connectivity index (χ3v) is 4.73. The van der Waals surface area contributed by atoms with Crippen molar-refractivity contribution in [3.05, 3.63) is 17.7 Å². The van der Waals surface area contributed by atoms with Gasteiger partial charge < -0.3 is 19.5 Å². The van der Waals surface area contributed by atoms with Crippen LogP contribution in [0.2, 0.25) is 0 Å². The Hall–Kier alpha value is -1.46. The third kappa shape index (κ3) is 2.56. The van der Waals surface area contributed by atoms with E-state index in [1.165, 1.54) is 24.8 Å². The summed E-state index contributed by atoms with van der Waals surface area (Å²) in [6, 6.07) is 5.55. The van der Waals surface area contributed by atoms with E-state index in [1.807, 2.05) is 0 Å². The topological polar surface area (TPSA) is 43.0 Å². The molecule has 4 rings (SSSR count). The maximum atomic E-state index is 5.51. The van der Waals surface area contributed by atoms with Gasteiger partial charge in [-0.1, -0.05) is 0 Å². The van der Waals surface area contributed by atoms with Crippen LogP contribution in [0.15, 0.2) is 12.1 Å². The van der Waals surface area contributed by atoms with E-state index < -0.39 is 0 Å². The molecule has 5 nitrogen and oxygen atoms in total. The highest BCUT2D eigenvalue weighted by Crippen LogP contribution is 2.42. The zero-order valence-electron chi connectivity index (χ0n) is 12.4. The van der Waals surface area contributed by atoms with Crippen LogP contribution in [-0.4, -0.2) is 44.0 Å². The van der Waals surface area contributed by atoms with Gasteiger partial charge in [0.05, 0.1) is 7.11 Å². The molecule has 0 spiro atoms. The lowest BCUT2D eigenvalue weighted by molar-refractivity contribution is 0.171. The van der Waals surface area contributed by atoms with Gasteiger partial charge in [-0.2, -0.15) is 0 Å². The first-order valence-corrected chi connectivity index (χ1v) is 7.77. The summed E-state index contributed by atoms with van der Waals surface area (Å²) >= 11 is 0. The molecule has 0 saturated carbocycles. The van der Waals surface area contributed by atoms with E-state index in [4.69, 9.17) is 14.2 Å². The molecule has 21 heavy (non-hydrogen) atoms. The van der Waals surface area contributed by atoms with Crippen molar-refractivity contribution in [2.24, 2.45) is 0 Å². The molecule has 0 aromatic heterocycles. The lowest BCUT2D eigenvalue weighted by Crippen LogP contribution is -2.34. The zero-order valence-corrected chi connectivity index (χ0v) is 12.4. The molecule has 2 unspecified atom stereocenters. The quantitative estimate of drug-likeness (QED) is 0.918. The molecule has 2 fully saturated rings. The fraction of sp³-hybridized carbons (Fsp3) is 0.625. The molecule has 114 valence electrons. The van der Waals surface area contributed by atoms with Gasteiger partial charge in [0.25, 0.3) is 0 Å². The standard InChI is InChI=1S/C16H22N2O3/c1-19-14-6-11(7-15-16(14)21-10-20-15)8-18-5-4-12-2-3-13(9-18)17-12/h6-7,12-13,17H,2-5,8-10H2,1H3. The summed E-state index contributed by atoms with van der Waals surface area (Å²) in [5.41, 5.74) is 1.23.